The fourth-order valence-electron chi connectivity index (χ4n) is 2.54. The van der Waals surface area contributed by atoms with Crippen molar-refractivity contribution >= 4 is 29.1 Å². The number of anilines is 1. The minimum atomic E-state index is -1.03. The molecular weight excluding hydrogens is 352 g/mol. The van der Waals surface area contributed by atoms with E-state index in [0.29, 0.717) is 11.0 Å². The maximum Gasteiger partial charge on any atom is 0.282 e. The van der Waals surface area contributed by atoms with Crippen LogP contribution in [0.1, 0.15) is 20.7 Å². The molecule has 0 aliphatic carbocycles. The van der Waals surface area contributed by atoms with Gasteiger partial charge < -0.3 is 5.32 Å². The topological polar surface area (TPSA) is 110 Å². The summed E-state index contributed by atoms with van der Waals surface area (Å²) < 4.78 is 26.4. The molecule has 8 nitrogen and oxygen atoms in total. The van der Waals surface area contributed by atoms with Crippen LogP contribution in [0.25, 0.3) is 0 Å². The Morgan fingerprint density at radius 3 is 2.54 bits per heavy atom. The summed E-state index contributed by atoms with van der Waals surface area (Å²) in [7, 11) is 0. The van der Waals surface area contributed by atoms with Gasteiger partial charge in [-0.3, -0.25) is 29.4 Å². The normalized spacial score (nSPS) is 12.9. The minimum absolute atomic E-state index is 0.190. The summed E-state index contributed by atoms with van der Waals surface area (Å²) in [6.45, 7) is -0.777. The molecule has 132 valence electrons. The van der Waals surface area contributed by atoms with Crippen LogP contribution in [0.4, 0.5) is 20.2 Å². The summed E-state index contributed by atoms with van der Waals surface area (Å²) in [6.07, 6.45) is 0. The number of halogens is 2. The number of nitro groups is 1. The molecule has 2 aromatic rings. The monoisotopic (exact) mass is 361 g/mol. The van der Waals surface area contributed by atoms with Crippen molar-refractivity contribution in [1.29, 1.82) is 0 Å². The first-order valence-electron chi connectivity index (χ1n) is 7.18. The first-order valence-corrected chi connectivity index (χ1v) is 7.18. The summed E-state index contributed by atoms with van der Waals surface area (Å²) in [6, 6.07) is 6.02. The van der Waals surface area contributed by atoms with E-state index in [1.165, 1.54) is 12.1 Å². The molecule has 0 saturated carbocycles. The average molecular weight is 361 g/mol. The van der Waals surface area contributed by atoms with Gasteiger partial charge in [-0.1, -0.05) is 6.07 Å². The molecule has 0 spiro atoms. The zero-order valence-electron chi connectivity index (χ0n) is 12.9. The summed E-state index contributed by atoms with van der Waals surface area (Å²) in [4.78, 5) is 47.3. The van der Waals surface area contributed by atoms with Gasteiger partial charge in [-0.25, -0.2) is 8.78 Å². The summed E-state index contributed by atoms with van der Waals surface area (Å²) in [5.41, 5.74) is -1.47. The first kappa shape index (κ1) is 17.1. The Bertz CT molecular complexity index is 976. The number of benzene rings is 2. The highest BCUT2D eigenvalue weighted by molar-refractivity contribution is 6.24. The quantitative estimate of drug-likeness (QED) is 0.509. The van der Waals surface area contributed by atoms with Crippen LogP contribution in [0.15, 0.2) is 36.4 Å². The molecule has 10 heteroatoms. The van der Waals surface area contributed by atoms with Crippen LogP contribution in [-0.2, 0) is 4.79 Å². The Labute approximate surface area is 144 Å². The molecule has 2 aromatic carbocycles. The zero-order chi connectivity index (χ0) is 19.0. The molecule has 3 rings (SSSR count). The number of carbonyl (C=O) groups excluding carboxylic acids is 3. The van der Waals surface area contributed by atoms with Crippen LogP contribution in [-0.4, -0.2) is 34.1 Å². The maximum atomic E-state index is 13.6. The maximum absolute atomic E-state index is 13.6. The van der Waals surface area contributed by atoms with Crippen molar-refractivity contribution in [3.05, 3.63) is 69.3 Å². The molecule has 1 aliphatic rings. The van der Waals surface area contributed by atoms with Crippen molar-refractivity contribution in [3.8, 4) is 0 Å². The first-order chi connectivity index (χ1) is 12.3. The summed E-state index contributed by atoms with van der Waals surface area (Å²) >= 11 is 0. The standard InChI is InChI=1S/C16H9F2N3O5/c17-8-4-5-11(10(18)6-8)19-13(22)7-20-15(23)9-2-1-3-12(21(25)26)14(9)16(20)24/h1-6H,7H2,(H,19,22). The van der Waals surface area contributed by atoms with E-state index in [-0.39, 0.29) is 11.3 Å². The lowest BCUT2D eigenvalue weighted by atomic mass is 10.1. The van der Waals surface area contributed by atoms with Crippen LogP contribution in [0.3, 0.4) is 0 Å². The van der Waals surface area contributed by atoms with Gasteiger partial charge in [-0.05, 0) is 18.2 Å². The lowest BCUT2D eigenvalue weighted by Crippen LogP contribution is -2.37. The second-order valence-electron chi connectivity index (χ2n) is 5.33. The predicted molar refractivity (Wildman–Crippen MR) is 83.5 cm³/mol. The Balaban J connectivity index is 1.82. The molecule has 1 heterocycles. The van der Waals surface area contributed by atoms with Crippen molar-refractivity contribution < 1.29 is 28.1 Å². The molecule has 0 bridgehead atoms. The van der Waals surface area contributed by atoms with E-state index in [0.717, 1.165) is 18.2 Å². The number of fused-ring (bicyclic) bond motifs is 1. The molecule has 1 N–H and O–H groups in total. The Hall–Kier alpha value is -3.69. The minimum Gasteiger partial charge on any atom is -0.322 e. The van der Waals surface area contributed by atoms with Gasteiger partial charge in [-0.15, -0.1) is 0 Å². The molecule has 0 saturated heterocycles. The third-order valence-electron chi connectivity index (χ3n) is 3.68. The number of rotatable bonds is 4. The fraction of sp³-hybridized carbons (Fsp3) is 0.0625. The molecule has 0 aromatic heterocycles. The second kappa shape index (κ2) is 6.31. The lowest BCUT2D eigenvalue weighted by molar-refractivity contribution is -0.385. The number of amides is 3. The number of nitrogens with one attached hydrogen (secondary N) is 1. The van der Waals surface area contributed by atoms with Crippen molar-refractivity contribution in [3.63, 3.8) is 0 Å². The molecule has 0 fully saturated rings. The van der Waals surface area contributed by atoms with E-state index >= 15 is 0 Å². The number of imide groups is 1. The van der Waals surface area contributed by atoms with Crippen molar-refractivity contribution in [1.82, 2.24) is 4.90 Å². The number of hydrogen-bond donors (Lipinski definition) is 1. The zero-order valence-corrected chi connectivity index (χ0v) is 12.9. The molecule has 0 unspecified atom stereocenters. The van der Waals surface area contributed by atoms with Crippen LogP contribution < -0.4 is 5.32 Å². The predicted octanol–water partition coefficient (Wildman–Crippen LogP) is 2.11. The molecule has 26 heavy (non-hydrogen) atoms. The molecule has 3 amide bonds. The van der Waals surface area contributed by atoms with E-state index in [1.54, 1.807) is 0 Å². The van der Waals surface area contributed by atoms with Gasteiger partial charge in [0.1, 0.15) is 23.7 Å². The van der Waals surface area contributed by atoms with Crippen LogP contribution in [0.5, 0.6) is 0 Å². The summed E-state index contributed by atoms with van der Waals surface area (Å²) in [5, 5.41) is 13.1. The highest BCUT2D eigenvalue weighted by atomic mass is 19.1. The van der Waals surface area contributed by atoms with Crippen molar-refractivity contribution in [2.75, 3.05) is 11.9 Å². The fourth-order valence-corrected chi connectivity index (χ4v) is 2.54. The average Bonchev–Trinajstić information content (AvgIpc) is 2.82. The van der Waals surface area contributed by atoms with Crippen LogP contribution >= 0.6 is 0 Å². The summed E-state index contributed by atoms with van der Waals surface area (Å²) in [5.74, 6) is -4.66. The van der Waals surface area contributed by atoms with E-state index in [4.69, 9.17) is 0 Å². The van der Waals surface area contributed by atoms with Crippen LogP contribution in [0.2, 0.25) is 0 Å². The smallest absolute Gasteiger partial charge is 0.282 e. The Morgan fingerprint density at radius 2 is 1.88 bits per heavy atom. The number of carbonyl (C=O) groups is 3. The third kappa shape index (κ3) is 2.88. The van der Waals surface area contributed by atoms with Crippen LogP contribution in [0, 0.1) is 21.7 Å². The van der Waals surface area contributed by atoms with Gasteiger partial charge in [0.15, 0.2) is 0 Å². The SMILES string of the molecule is O=C(CN1C(=O)c2cccc([N+](=O)[O-])c2C1=O)Nc1ccc(F)cc1F. The van der Waals surface area contributed by atoms with Crippen molar-refractivity contribution in [2.24, 2.45) is 0 Å². The van der Waals surface area contributed by atoms with Gasteiger partial charge in [-0.2, -0.15) is 0 Å². The van der Waals surface area contributed by atoms with E-state index in [2.05, 4.69) is 5.32 Å². The molecule has 0 atom stereocenters. The van der Waals surface area contributed by atoms with E-state index in [9.17, 15) is 33.3 Å². The van der Waals surface area contributed by atoms with Gasteiger partial charge >= 0.3 is 0 Å². The highest BCUT2D eigenvalue weighted by Crippen LogP contribution is 2.30. The number of hydrogen-bond acceptors (Lipinski definition) is 5. The van der Waals surface area contributed by atoms with Gasteiger partial charge in [0, 0.05) is 12.1 Å². The molecule has 1 aliphatic heterocycles. The lowest BCUT2D eigenvalue weighted by Gasteiger charge is -2.13. The highest BCUT2D eigenvalue weighted by Gasteiger charge is 2.41. The second-order valence-corrected chi connectivity index (χ2v) is 5.33. The van der Waals surface area contributed by atoms with Gasteiger partial charge in [0.05, 0.1) is 16.2 Å². The van der Waals surface area contributed by atoms with Gasteiger partial charge in [0.25, 0.3) is 17.5 Å². The third-order valence-corrected chi connectivity index (χ3v) is 3.68. The van der Waals surface area contributed by atoms with Gasteiger partial charge in [0.2, 0.25) is 5.91 Å². The number of nitro benzene ring substituents is 1. The number of nitrogens with zero attached hydrogens (tertiary/aromatic N) is 2. The van der Waals surface area contributed by atoms with E-state index in [1.807, 2.05) is 0 Å². The Morgan fingerprint density at radius 1 is 1.15 bits per heavy atom. The molecule has 0 radical (unpaired) electrons. The van der Waals surface area contributed by atoms with E-state index < -0.39 is 52.1 Å². The Kier molecular flexibility index (Phi) is 4.16. The largest absolute Gasteiger partial charge is 0.322 e. The molecular formula is C16H9F2N3O5. The van der Waals surface area contributed by atoms with Crippen molar-refractivity contribution in [2.45, 2.75) is 0 Å².